The van der Waals surface area contributed by atoms with Crippen LogP contribution in [0, 0.1) is 43.4 Å². The van der Waals surface area contributed by atoms with Crippen molar-refractivity contribution in [2.24, 2.45) is 29.6 Å². The van der Waals surface area contributed by atoms with E-state index in [1.54, 1.807) is 11.8 Å². The Kier molecular flexibility index (Phi) is 7.26. The summed E-state index contributed by atoms with van der Waals surface area (Å²) in [7, 11) is 0. The molecule has 46 heavy (non-hydrogen) atoms. The monoisotopic (exact) mass is 715 g/mol. The van der Waals surface area contributed by atoms with E-state index >= 15 is 0 Å². The topological polar surface area (TPSA) is 109 Å². The number of nitrogens with one attached hydrogen (secondary N) is 2. The number of nitrogens with zero attached hydrogens (tertiary/aromatic N) is 1. The number of halogens is 1. The quantitative estimate of drug-likeness (QED) is 0.221. The summed E-state index contributed by atoms with van der Waals surface area (Å²) in [4.78, 5) is 59.0. The first kappa shape index (κ1) is 29.7. The molecule has 234 valence electrons. The van der Waals surface area contributed by atoms with Gasteiger partial charge in [0.2, 0.25) is 11.8 Å². The second-order valence-corrected chi connectivity index (χ2v) is 15.8. The number of hydrogen-bond donors (Lipinski definition) is 2. The lowest BCUT2D eigenvalue weighted by Gasteiger charge is -2.43. The summed E-state index contributed by atoms with van der Waals surface area (Å²) in [5.41, 5.74) is 4.23. The van der Waals surface area contributed by atoms with E-state index in [1.807, 2.05) is 80.6 Å². The Bertz CT molecular complexity index is 1970. The number of carbonyl (C=O) groups excluding carboxylic acids is 3. The number of thioether (sulfide) groups is 1. The number of amides is 3. The van der Waals surface area contributed by atoms with Crippen molar-refractivity contribution < 1.29 is 19.1 Å². The number of carbonyl (C=O) groups is 3. The number of benzene rings is 3. The number of rotatable bonds is 6. The molecule has 3 heterocycles. The molecule has 3 fully saturated rings. The lowest BCUT2D eigenvalue weighted by Crippen LogP contribution is -2.42. The van der Waals surface area contributed by atoms with Gasteiger partial charge in [0.25, 0.3) is 5.91 Å². The number of aromatic nitrogens is 1. The zero-order chi connectivity index (χ0) is 31.9. The minimum absolute atomic E-state index is 0.00219. The number of para-hydroxylation sites is 1. The number of thiazole rings is 1. The number of aryl methyl sites for hydroxylation is 2. The van der Waals surface area contributed by atoms with Crippen LogP contribution in [0.4, 0.5) is 11.4 Å². The third kappa shape index (κ3) is 4.69. The number of hydrogen-bond acceptors (Lipinski definition) is 7. The van der Waals surface area contributed by atoms with E-state index in [9.17, 15) is 19.2 Å². The van der Waals surface area contributed by atoms with Crippen molar-refractivity contribution in [3.8, 4) is 5.75 Å². The maximum absolute atomic E-state index is 14.1. The van der Waals surface area contributed by atoms with Gasteiger partial charge in [-0.25, -0.2) is 0 Å². The molecule has 1 saturated heterocycles. The van der Waals surface area contributed by atoms with Crippen LogP contribution in [0.3, 0.4) is 0 Å². The van der Waals surface area contributed by atoms with Crippen molar-refractivity contribution in [3.63, 3.8) is 0 Å². The Morgan fingerprint density at radius 1 is 1.00 bits per heavy atom. The standard InChI is InChI=1S/C35H30BrN3O5S2/c1-16-7-10-19(11-8-16)39-33(41)28-21-14-22(29(28)34(39)42)30-27(21)26(31-32(45-30)38-35(43)46-31)20-13-18(36)9-12-24(20)44-15-25(40)37-23-6-4-3-5-17(23)2/h3-13,21-22,26-30H,14-15H2,1-2H3,(H,37,40)(H,38,43)/t21?,22?,26-,27?,28?,29?,30?/m1/s1. The predicted octanol–water partition coefficient (Wildman–Crippen LogP) is 6.51. The molecule has 3 amide bonds. The van der Waals surface area contributed by atoms with Gasteiger partial charge in [0, 0.05) is 31.8 Å². The molecule has 1 aromatic heterocycles. The number of anilines is 2. The van der Waals surface area contributed by atoms with Crippen LogP contribution in [-0.4, -0.2) is 34.6 Å². The van der Waals surface area contributed by atoms with Crippen molar-refractivity contribution in [1.29, 1.82) is 0 Å². The number of ether oxygens (including phenoxy) is 1. The normalized spacial score (nSPS) is 27.4. The molecule has 2 aliphatic carbocycles. The van der Waals surface area contributed by atoms with Crippen LogP contribution < -0.4 is 19.8 Å². The smallest absolute Gasteiger partial charge is 0.305 e. The Morgan fingerprint density at radius 2 is 1.74 bits per heavy atom. The maximum Gasteiger partial charge on any atom is 0.305 e. The second-order valence-electron chi connectivity index (χ2n) is 12.6. The third-order valence-corrected chi connectivity index (χ3v) is 13.2. The van der Waals surface area contributed by atoms with Crippen LogP contribution in [0.2, 0.25) is 0 Å². The first-order valence-electron chi connectivity index (χ1n) is 15.3. The molecule has 4 aliphatic rings. The summed E-state index contributed by atoms with van der Waals surface area (Å²) >= 11 is 6.48. The minimum Gasteiger partial charge on any atom is -0.483 e. The molecule has 8 nitrogen and oxygen atoms in total. The molecule has 11 heteroatoms. The summed E-state index contributed by atoms with van der Waals surface area (Å²) in [6.07, 6.45) is 0.787. The van der Waals surface area contributed by atoms with Gasteiger partial charge in [-0.2, -0.15) is 0 Å². The second kappa shape index (κ2) is 11.2. The summed E-state index contributed by atoms with van der Waals surface area (Å²) in [5.74, 6) is -1.01. The van der Waals surface area contributed by atoms with Crippen molar-refractivity contribution in [2.45, 2.75) is 36.5 Å². The van der Waals surface area contributed by atoms with Gasteiger partial charge in [0.1, 0.15) is 5.75 Å². The zero-order valence-corrected chi connectivity index (χ0v) is 28.2. The van der Waals surface area contributed by atoms with Crippen LogP contribution in [0.1, 0.15) is 33.9 Å². The summed E-state index contributed by atoms with van der Waals surface area (Å²) in [5, 5.41) is 3.79. The lowest BCUT2D eigenvalue weighted by atomic mass is 9.68. The summed E-state index contributed by atoms with van der Waals surface area (Å²) in [6.45, 7) is 3.72. The molecule has 0 spiro atoms. The first-order valence-corrected chi connectivity index (χ1v) is 17.8. The number of imide groups is 1. The van der Waals surface area contributed by atoms with Gasteiger partial charge in [-0.3, -0.25) is 24.1 Å². The molecule has 6 unspecified atom stereocenters. The van der Waals surface area contributed by atoms with Crippen molar-refractivity contribution >= 4 is 68.1 Å². The van der Waals surface area contributed by atoms with E-state index in [1.165, 1.54) is 16.2 Å². The van der Waals surface area contributed by atoms with Crippen LogP contribution in [0.25, 0.3) is 0 Å². The van der Waals surface area contributed by atoms with Gasteiger partial charge in [0.05, 0.1) is 22.5 Å². The van der Waals surface area contributed by atoms with E-state index in [4.69, 9.17) is 4.74 Å². The number of fused-ring (bicyclic) bond motifs is 9. The molecule has 8 rings (SSSR count). The van der Waals surface area contributed by atoms with Crippen LogP contribution in [0.5, 0.6) is 5.75 Å². The largest absolute Gasteiger partial charge is 0.483 e. The van der Waals surface area contributed by atoms with E-state index in [-0.39, 0.29) is 64.0 Å². The number of aromatic amines is 1. The Balaban J connectivity index is 1.15. The van der Waals surface area contributed by atoms with E-state index in [0.29, 0.717) is 11.4 Å². The lowest BCUT2D eigenvalue weighted by molar-refractivity contribution is -0.123. The molecule has 4 aromatic rings. The van der Waals surface area contributed by atoms with E-state index in [2.05, 4.69) is 26.2 Å². The predicted molar refractivity (Wildman–Crippen MR) is 182 cm³/mol. The molecule has 2 bridgehead atoms. The van der Waals surface area contributed by atoms with Gasteiger partial charge in [0.15, 0.2) is 6.61 Å². The van der Waals surface area contributed by atoms with Gasteiger partial charge in [-0.15, -0.1) is 11.8 Å². The summed E-state index contributed by atoms with van der Waals surface area (Å²) in [6, 6.07) is 20.9. The molecule has 2 N–H and O–H groups in total. The van der Waals surface area contributed by atoms with E-state index < -0.39 is 5.92 Å². The van der Waals surface area contributed by atoms with Gasteiger partial charge in [-0.05, 0) is 80.0 Å². The van der Waals surface area contributed by atoms with Crippen molar-refractivity contribution in [3.05, 3.63) is 102 Å². The highest BCUT2D eigenvalue weighted by atomic mass is 79.9. The Labute approximate surface area is 282 Å². The highest BCUT2D eigenvalue weighted by Crippen LogP contribution is 2.69. The fraction of sp³-hybridized carbons (Fsp3) is 0.314. The van der Waals surface area contributed by atoms with E-state index in [0.717, 1.165) is 43.2 Å². The molecule has 7 atom stereocenters. The van der Waals surface area contributed by atoms with Crippen LogP contribution in [-0.2, 0) is 14.4 Å². The number of H-pyrrole nitrogens is 1. The molecule has 0 radical (unpaired) electrons. The summed E-state index contributed by atoms with van der Waals surface area (Å²) < 4.78 is 7.07. The fourth-order valence-corrected chi connectivity index (χ4v) is 11.5. The fourth-order valence-electron chi connectivity index (χ4n) is 8.25. The maximum atomic E-state index is 14.1. The SMILES string of the molecule is Cc1ccc(N2C(=O)C3C4CC(C3C2=O)C2C4Sc3[nH]c(=O)sc3[C@@H]2c2cc(Br)ccc2OCC(=O)Nc2ccccc2C)cc1. The zero-order valence-electron chi connectivity index (χ0n) is 25.0. The third-order valence-electron chi connectivity index (χ3n) is 10.1. The van der Waals surface area contributed by atoms with Gasteiger partial charge < -0.3 is 15.0 Å². The van der Waals surface area contributed by atoms with Crippen molar-refractivity contribution in [1.82, 2.24) is 4.98 Å². The Morgan fingerprint density at radius 3 is 2.50 bits per heavy atom. The molecule has 3 aromatic carbocycles. The highest BCUT2D eigenvalue weighted by Gasteiger charge is 2.69. The van der Waals surface area contributed by atoms with Gasteiger partial charge in [-0.1, -0.05) is 63.2 Å². The molecule has 2 saturated carbocycles. The molecular weight excluding hydrogens is 686 g/mol. The average molecular weight is 717 g/mol. The van der Waals surface area contributed by atoms with Crippen molar-refractivity contribution in [2.75, 3.05) is 16.8 Å². The average Bonchev–Trinajstić information content (AvgIpc) is 3.77. The molecular formula is C35H30BrN3O5S2. The minimum atomic E-state index is -0.406. The van der Waals surface area contributed by atoms with Gasteiger partial charge >= 0.3 is 4.87 Å². The highest BCUT2D eigenvalue weighted by molar-refractivity contribution is 9.10. The van der Waals surface area contributed by atoms with Crippen LogP contribution in [0.15, 0.2) is 81.0 Å². The van der Waals surface area contributed by atoms with Crippen LogP contribution >= 0.6 is 39.0 Å². The molecule has 2 aliphatic heterocycles. The Hall–Kier alpha value is -3.67. The first-order chi connectivity index (χ1) is 22.2.